The number of sulfonamides is 1. The zero-order valence-corrected chi connectivity index (χ0v) is 15.1. The fourth-order valence-corrected chi connectivity index (χ4v) is 4.54. The molecular formula is C16H13ClN2O4S2. The van der Waals surface area contributed by atoms with Gasteiger partial charge in [0.25, 0.3) is 5.91 Å². The van der Waals surface area contributed by atoms with Crippen molar-refractivity contribution in [2.24, 2.45) is 0 Å². The average Bonchev–Trinajstić information content (AvgIpc) is 3.26. The molecule has 0 aliphatic heterocycles. The van der Waals surface area contributed by atoms with E-state index < -0.39 is 10.0 Å². The molecule has 130 valence electrons. The van der Waals surface area contributed by atoms with E-state index in [1.807, 2.05) is 0 Å². The number of anilines is 1. The number of halogens is 1. The number of carbonyl (C=O) groups excluding carboxylic acids is 1. The molecule has 2 heterocycles. The molecule has 2 N–H and O–H groups in total. The van der Waals surface area contributed by atoms with Crippen LogP contribution in [0.2, 0.25) is 4.34 Å². The molecule has 6 nitrogen and oxygen atoms in total. The highest BCUT2D eigenvalue weighted by Gasteiger charge is 2.16. The molecule has 0 aliphatic carbocycles. The average molecular weight is 397 g/mol. The summed E-state index contributed by atoms with van der Waals surface area (Å²) in [7, 11) is -3.59. The Hall–Kier alpha value is -2.13. The lowest BCUT2D eigenvalue weighted by Crippen LogP contribution is -2.22. The predicted molar refractivity (Wildman–Crippen MR) is 96.5 cm³/mol. The first kappa shape index (κ1) is 17.7. The van der Waals surface area contributed by atoms with Crippen LogP contribution in [0.4, 0.5) is 5.69 Å². The highest BCUT2D eigenvalue weighted by Crippen LogP contribution is 2.25. The molecular weight excluding hydrogens is 384 g/mol. The minimum absolute atomic E-state index is 0.129. The molecule has 9 heteroatoms. The molecule has 0 spiro atoms. The van der Waals surface area contributed by atoms with E-state index in [1.165, 1.54) is 18.4 Å². The summed E-state index contributed by atoms with van der Waals surface area (Å²) in [4.78, 5) is 11.9. The van der Waals surface area contributed by atoms with E-state index in [-0.39, 0.29) is 22.4 Å². The molecule has 3 aromatic rings. The molecule has 0 aliphatic rings. The molecule has 0 radical (unpaired) electrons. The number of amides is 1. The highest BCUT2D eigenvalue weighted by atomic mass is 35.5. The summed E-state index contributed by atoms with van der Waals surface area (Å²) in [6.45, 7) is 0.129. The van der Waals surface area contributed by atoms with Gasteiger partial charge in [-0.15, -0.1) is 11.3 Å². The van der Waals surface area contributed by atoms with Gasteiger partial charge in [-0.1, -0.05) is 23.7 Å². The van der Waals surface area contributed by atoms with Crippen molar-refractivity contribution in [2.75, 3.05) is 5.32 Å². The number of benzene rings is 1. The van der Waals surface area contributed by atoms with Crippen molar-refractivity contribution in [1.82, 2.24) is 4.72 Å². The fraction of sp³-hybridized carbons (Fsp3) is 0.0625. The van der Waals surface area contributed by atoms with E-state index in [9.17, 15) is 13.2 Å². The third-order valence-electron chi connectivity index (χ3n) is 3.24. The lowest BCUT2D eigenvalue weighted by atomic mass is 10.2. The largest absolute Gasteiger partial charge is 0.459 e. The molecule has 0 bridgehead atoms. The second-order valence-electron chi connectivity index (χ2n) is 5.01. The third kappa shape index (κ3) is 4.49. The van der Waals surface area contributed by atoms with Crippen molar-refractivity contribution >= 4 is 44.6 Å². The Morgan fingerprint density at radius 2 is 1.88 bits per heavy atom. The lowest BCUT2D eigenvalue weighted by molar-refractivity contribution is 0.0996. The van der Waals surface area contributed by atoms with Gasteiger partial charge in [0.1, 0.15) is 4.21 Å². The van der Waals surface area contributed by atoms with Gasteiger partial charge in [0.15, 0.2) is 5.76 Å². The number of hydrogen-bond donors (Lipinski definition) is 2. The van der Waals surface area contributed by atoms with Crippen LogP contribution in [-0.4, -0.2) is 14.3 Å². The summed E-state index contributed by atoms with van der Waals surface area (Å²) in [6.07, 6.45) is 1.42. The first-order valence-electron chi connectivity index (χ1n) is 7.13. The highest BCUT2D eigenvalue weighted by molar-refractivity contribution is 7.91. The maximum atomic E-state index is 12.1. The Morgan fingerprint density at radius 1 is 1.12 bits per heavy atom. The van der Waals surface area contributed by atoms with Crippen molar-refractivity contribution in [3.8, 4) is 0 Å². The van der Waals surface area contributed by atoms with E-state index in [1.54, 1.807) is 36.4 Å². The van der Waals surface area contributed by atoms with Crippen LogP contribution in [0.15, 0.2) is 63.4 Å². The number of rotatable bonds is 6. The lowest BCUT2D eigenvalue weighted by Gasteiger charge is -2.07. The smallest absolute Gasteiger partial charge is 0.291 e. The van der Waals surface area contributed by atoms with Crippen LogP contribution in [0.5, 0.6) is 0 Å². The normalized spacial score (nSPS) is 11.4. The maximum absolute atomic E-state index is 12.1. The van der Waals surface area contributed by atoms with Crippen molar-refractivity contribution in [3.05, 3.63) is 70.5 Å². The molecule has 0 unspecified atom stereocenters. The van der Waals surface area contributed by atoms with Crippen LogP contribution in [-0.2, 0) is 16.6 Å². The Morgan fingerprint density at radius 3 is 2.48 bits per heavy atom. The van der Waals surface area contributed by atoms with Crippen molar-refractivity contribution in [1.29, 1.82) is 0 Å². The van der Waals surface area contributed by atoms with Gasteiger partial charge in [-0.2, -0.15) is 0 Å². The SMILES string of the molecule is O=C(Nc1ccc(CNS(=O)(=O)c2ccc(Cl)s2)cc1)c1ccco1. The minimum atomic E-state index is -3.59. The van der Waals surface area contributed by atoms with E-state index in [0.29, 0.717) is 10.0 Å². The first-order chi connectivity index (χ1) is 11.9. The van der Waals surface area contributed by atoms with Crippen LogP contribution >= 0.6 is 22.9 Å². The van der Waals surface area contributed by atoms with Gasteiger partial charge in [0, 0.05) is 12.2 Å². The second-order valence-corrected chi connectivity index (χ2v) is 8.72. The van der Waals surface area contributed by atoms with Gasteiger partial charge in [-0.05, 0) is 42.0 Å². The molecule has 25 heavy (non-hydrogen) atoms. The van der Waals surface area contributed by atoms with E-state index >= 15 is 0 Å². The summed E-state index contributed by atoms with van der Waals surface area (Å²) in [5.41, 5.74) is 1.33. The maximum Gasteiger partial charge on any atom is 0.291 e. The predicted octanol–water partition coefficient (Wildman–Crippen LogP) is 3.73. The first-order valence-corrected chi connectivity index (χ1v) is 9.80. The van der Waals surface area contributed by atoms with Crippen molar-refractivity contribution in [2.45, 2.75) is 10.8 Å². The summed E-state index contributed by atoms with van der Waals surface area (Å²) in [5.74, 6) is -0.139. The van der Waals surface area contributed by atoms with Crippen LogP contribution in [0.3, 0.4) is 0 Å². The van der Waals surface area contributed by atoms with Crippen molar-refractivity contribution in [3.63, 3.8) is 0 Å². The van der Waals surface area contributed by atoms with Crippen LogP contribution < -0.4 is 10.0 Å². The standard InChI is InChI=1S/C16H13ClN2O4S2/c17-14-7-8-15(24-14)25(21,22)18-10-11-3-5-12(6-4-11)19-16(20)13-2-1-9-23-13/h1-9,18H,10H2,(H,19,20). The summed E-state index contributed by atoms with van der Waals surface area (Å²) >= 11 is 6.76. The summed E-state index contributed by atoms with van der Waals surface area (Å²) < 4.78 is 32.4. The van der Waals surface area contributed by atoms with Gasteiger partial charge < -0.3 is 9.73 Å². The molecule has 1 aromatic carbocycles. The molecule has 1 amide bonds. The Balaban J connectivity index is 1.60. The molecule has 0 fully saturated rings. The molecule has 0 saturated carbocycles. The summed E-state index contributed by atoms with van der Waals surface area (Å²) in [5, 5.41) is 2.69. The van der Waals surface area contributed by atoms with Crippen LogP contribution in [0.25, 0.3) is 0 Å². The molecule has 3 rings (SSSR count). The Bertz CT molecular complexity index is 964. The molecule has 0 atom stereocenters. The monoisotopic (exact) mass is 396 g/mol. The number of thiophene rings is 1. The van der Waals surface area contributed by atoms with Crippen LogP contribution in [0.1, 0.15) is 16.1 Å². The topological polar surface area (TPSA) is 88.4 Å². The van der Waals surface area contributed by atoms with Crippen molar-refractivity contribution < 1.29 is 17.6 Å². The van der Waals surface area contributed by atoms with Gasteiger partial charge in [0.2, 0.25) is 10.0 Å². The summed E-state index contributed by atoms with van der Waals surface area (Å²) in [6, 6.07) is 13.0. The Labute approximate surface area is 153 Å². The number of carbonyl (C=O) groups is 1. The third-order valence-corrected chi connectivity index (χ3v) is 6.36. The fourth-order valence-electron chi connectivity index (χ4n) is 2.00. The van der Waals surface area contributed by atoms with Crippen LogP contribution in [0, 0.1) is 0 Å². The quantitative estimate of drug-likeness (QED) is 0.664. The second kappa shape index (κ2) is 7.40. The molecule has 0 saturated heterocycles. The number of furan rings is 1. The number of nitrogens with one attached hydrogen (secondary N) is 2. The Kier molecular flexibility index (Phi) is 5.24. The number of hydrogen-bond acceptors (Lipinski definition) is 5. The minimum Gasteiger partial charge on any atom is -0.459 e. The zero-order chi connectivity index (χ0) is 17.9. The van der Waals surface area contributed by atoms with Gasteiger partial charge in [-0.25, -0.2) is 13.1 Å². The van der Waals surface area contributed by atoms with E-state index in [0.717, 1.165) is 16.9 Å². The van der Waals surface area contributed by atoms with Gasteiger partial charge in [0.05, 0.1) is 10.6 Å². The van der Waals surface area contributed by atoms with Gasteiger partial charge in [-0.3, -0.25) is 4.79 Å². The molecule has 2 aromatic heterocycles. The van der Waals surface area contributed by atoms with E-state index in [2.05, 4.69) is 10.0 Å². The van der Waals surface area contributed by atoms with Gasteiger partial charge >= 0.3 is 0 Å². The zero-order valence-electron chi connectivity index (χ0n) is 12.7. The van der Waals surface area contributed by atoms with E-state index in [4.69, 9.17) is 16.0 Å².